The van der Waals surface area contributed by atoms with E-state index in [-0.39, 0.29) is 6.61 Å². The summed E-state index contributed by atoms with van der Waals surface area (Å²) in [7, 11) is 4.11. The molecule has 1 aromatic carbocycles. The Bertz CT molecular complexity index is 598. The molecule has 2 rings (SSSR count). The highest BCUT2D eigenvalue weighted by Crippen LogP contribution is 2.23. The van der Waals surface area contributed by atoms with Crippen LogP contribution in [0, 0.1) is 0 Å². The van der Waals surface area contributed by atoms with Gasteiger partial charge in [-0.05, 0) is 25.9 Å². The monoisotopic (exact) mass is 320 g/mol. The maximum absolute atomic E-state index is 9.29. The zero-order chi connectivity index (χ0) is 15.9. The van der Waals surface area contributed by atoms with E-state index in [1.54, 1.807) is 11.8 Å². The summed E-state index contributed by atoms with van der Waals surface area (Å²) in [5.41, 5.74) is 2.31. The molecule has 0 bridgehead atoms. The van der Waals surface area contributed by atoms with E-state index in [1.807, 2.05) is 16.8 Å². The highest BCUT2D eigenvalue weighted by atomic mass is 32.2. The lowest BCUT2D eigenvalue weighted by molar-refractivity contribution is 0.270. The van der Waals surface area contributed by atoms with Gasteiger partial charge in [0.1, 0.15) is 0 Å². The van der Waals surface area contributed by atoms with Crippen molar-refractivity contribution in [2.75, 3.05) is 32.7 Å². The molecule has 120 valence electrons. The van der Waals surface area contributed by atoms with Crippen LogP contribution in [0.4, 0.5) is 0 Å². The standard InChI is InChI=1S/C16H24N4OS/c1-19(2)12-13-6-4-5-7-14(13)16-17-15(8-11-22-3)18-20(16)9-10-21/h4-7,21H,8-12H2,1-3H3. The van der Waals surface area contributed by atoms with E-state index in [2.05, 4.69) is 42.5 Å². The molecule has 0 aliphatic heterocycles. The molecule has 0 aliphatic rings. The maximum Gasteiger partial charge on any atom is 0.158 e. The third kappa shape index (κ3) is 4.32. The van der Waals surface area contributed by atoms with Crippen molar-refractivity contribution >= 4 is 11.8 Å². The highest BCUT2D eigenvalue weighted by molar-refractivity contribution is 7.98. The van der Waals surface area contributed by atoms with Gasteiger partial charge in [0.2, 0.25) is 0 Å². The molecule has 6 heteroatoms. The Hall–Kier alpha value is -1.37. The Morgan fingerprint density at radius 2 is 2.05 bits per heavy atom. The fourth-order valence-electron chi connectivity index (χ4n) is 2.36. The minimum Gasteiger partial charge on any atom is -0.394 e. The normalized spacial score (nSPS) is 11.3. The number of thioether (sulfide) groups is 1. The summed E-state index contributed by atoms with van der Waals surface area (Å²) in [6, 6.07) is 8.27. The van der Waals surface area contributed by atoms with Crippen LogP contribution in [-0.2, 0) is 19.5 Å². The van der Waals surface area contributed by atoms with E-state index in [1.165, 1.54) is 5.56 Å². The molecule has 0 radical (unpaired) electrons. The van der Waals surface area contributed by atoms with Gasteiger partial charge in [0.25, 0.3) is 0 Å². The molecular formula is C16H24N4OS. The van der Waals surface area contributed by atoms with E-state index >= 15 is 0 Å². The van der Waals surface area contributed by atoms with Crippen LogP contribution >= 0.6 is 11.8 Å². The van der Waals surface area contributed by atoms with Crippen molar-refractivity contribution in [3.05, 3.63) is 35.7 Å². The number of hydrogen-bond donors (Lipinski definition) is 1. The summed E-state index contributed by atoms with van der Waals surface area (Å²) in [6.07, 6.45) is 2.93. The summed E-state index contributed by atoms with van der Waals surface area (Å²) in [4.78, 5) is 6.85. The van der Waals surface area contributed by atoms with Crippen LogP contribution in [0.2, 0.25) is 0 Å². The Morgan fingerprint density at radius 3 is 2.73 bits per heavy atom. The molecule has 0 unspecified atom stereocenters. The minimum atomic E-state index is 0.0637. The van der Waals surface area contributed by atoms with Crippen LogP contribution in [0.5, 0.6) is 0 Å². The Labute approximate surface area is 136 Å². The van der Waals surface area contributed by atoms with Crippen molar-refractivity contribution in [1.29, 1.82) is 0 Å². The molecule has 0 fully saturated rings. The first-order valence-corrected chi connectivity index (χ1v) is 8.81. The first-order chi connectivity index (χ1) is 10.7. The van der Waals surface area contributed by atoms with E-state index in [0.717, 1.165) is 35.9 Å². The number of rotatable bonds is 8. The van der Waals surface area contributed by atoms with Crippen LogP contribution in [-0.4, -0.2) is 57.5 Å². The molecule has 0 amide bonds. The molecular weight excluding hydrogens is 296 g/mol. The van der Waals surface area contributed by atoms with Gasteiger partial charge < -0.3 is 10.0 Å². The van der Waals surface area contributed by atoms with Crippen molar-refractivity contribution in [2.45, 2.75) is 19.5 Å². The largest absolute Gasteiger partial charge is 0.394 e. The van der Waals surface area contributed by atoms with Crippen molar-refractivity contribution in [3.63, 3.8) is 0 Å². The van der Waals surface area contributed by atoms with E-state index in [0.29, 0.717) is 6.54 Å². The summed E-state index contributed by atoms with van der Waals surface area (Å²) >= 11 is 1.79. The van der Waals surface area contributed by atoms with Crippen molar-refractivity contribution < 1.29 is 5.11 Å². The average molecular weight is 320 g/mol. The second-order valence-corrected chi connectivity index (χ2v) is 6.42. The molecule has 22 heavy (non-hydrogen) atoms. The molecule has 0 atom stereocenters. The lowest BCUT2D eigenvalue weighted by atomic mass is 10.1. The molecule has 1 N–H and O–H groups in total. The number of aliphatic hydroxyl groups is 1. The van der Waals surface area contributed by atoms with Gasteiger partial charge in [-0.15, -0.1) is 0 Å². The summed E-state index contributed by atoms with van der Waals surface area (Å²) in [5.74, 6) is 2.70. The first-order valence-electron chi connectivity index (χ1n) is 7.42. The summed E-state index contributed by atoms with van der Waals surface area (Å²) in [6.45, 7) is 1.38. The van der Waals surface area contributed by atoms with Crippen LogP contribution in [0.15, 0.2) is 24.3 Å². The lowest BCUT2D eigenvalue weighted by Gasteiger charge is -2.14. The number of aromatic nitrogens is 3. The van der Waals surface area contributed by atoms with Gasteiger partial charge in [-0.25, -0.2) is 9.67 Å². The molecule has 0 spiro atoms. The van der Waals surface area contributed by atoms with Crippen molar-refractivity contribution in [3.8, 4) is 11.4 Å². The van der Waals surface area contributed by atoms with Gasteiger partial charge in [-0.3, -0.25) is 0 Å². The molecule has 2 aromatic rings. The topological polar surface area (TPSA) is 54.2 Å². The zero-order valence-electron chi connectivity index (χ0n) is 13.5. The van der Waals surface area contributed by atoms with E-state index < -0.39 is 0 Å². The molecule has 5 nitrogen and oxygen atoms in total. The molecule has 0 saturated heterocycles. The number of hydrogen-bond acceptors (Lipinski definition) is 5. The Kier molecular flexibility index (Phi) is 6.42. The predicted molar refractivity (Wildman–Crippen MR) is 92.0 cm³/mol. The number of aliphatic hydroxyl groups excluding tert-OH is 1. The van der Waals surface area contributed by atoms with Crippen LogP contribution in [0.3, 0.4) is 0 Å². The van der Waals surface area contributed by atoms with Gasteiger partial charge in [0, 0.05) is 24.3 Å². The van der Waals surface area contributed by atoms with Crippen LogP contribution in [0.25, 0.3) is 11.4 Å². The Morgan fingerprint density at radius 1 is 1.27 bits per heavy atom. The third-order valence-corrected chi connectivity index (χ3v) is 3.91. The van der Waals surface area contributed by atoms with Gasteiger partial charge >= 0.3 is 0 Å². The van der Waals surface area contributed by atoms with Gasteiger partial charge in [-0.2, -0.15) is 16.9 Å². The second kappa shape index (κ2) is 8.31. The first kappa shape index (κ1) is 17.0. The third-order valence-electron chi connectivity index (χ3n) is 3.30. The fraction of sp³-hybridized carbons (Fsp3) is 0.500. The van der Waals surface area contributed by atoms with Crippen molar-refractivity contribution in [2.24, 2.45) is 0 Å². The maximum atomic E-state index is 9.29. The number of nitrogens with zero attached hydrogens (tertiary/aromatic N) is 4. The number of benzene rings is 1. The van der Waals surface area contributed by atoms with Crippen LogP contribution in [0.1, 0.15) is 11.4 Å². The van der Waals surface area contributed by atoms with Gasteiger partial charge in [-0.1, -0.05) is 24.3 Å². The zero-order valence-corrected chi connectivity index (χ0v) is 14.3. The minimum absolute atomic E-state index is 0.0637. The highest BCUT2D eigenvalue weighted by Gasteiger charge is 2.15. The van der Waals surface area contributed by atoms with Crippen molar-refractivity contribution in [1.82, 2.24) is 19.7 Å². The van der Waals surface area contributed by atoms with Crippen LogP contribution < -0.4 is 0 Å². The number of aryl methyl sites for hydroxylation is 1. The molecule has 0 saturated carbocycles. The van der Waals surface area contributed by atoms with Gasteiger partial charge in [0.15, 0.2) is 11.6 Å². The second-order valence-electron chi connectivity index (χ2n) is 5.44. The fourth-order valence-corrected chi connectivity index (χ4v) is 2.74. The molecule has 1 aromatic heterocycles. The molecule has 0 aliphatic carbocycles. The quantitative estimate of drug-likeness (QED) is 0.805. The summed E-state index contributed by atoms with van der Waals surface area (Å²) < 4.78 is 1.82. The lowest BCUT2D eigenvalue weighted by Crippen LogP contribution is -2.13. The van der Waals surface area contributed by atoms with E-state index in [9.17, 15) is 5.11 Å². The predicted octanol–water partition coefficient (Wildman–Crippen LogP) is 1.90. The SMILES string of the molecule is CSCCc1nc(-c2ccccc2CN(C)C)n(CCO)n1. The average Bonchev–Trinajstić information content (AvgIpc) is 2.88. The molecule has 1 heterocycles. The van der Waals surface area contributed by atoms with Gasteiger partial charge in [0.05, 0.1) is 13.2 Å². The smallest absolute Gasteiger partial charge is 0.158 e. The Balaban J connectivity index is 2.39. The van der Waals surface area contributed by atoms with E-state index in [4.69, 9.17) is 4.98 Å². The summed E-state index contributed by atoms with van der Waals surface area (Å²) in [5, 5.41) is 13.8.